The first kappa shape index (κ1) is 18.2. The maximum atomic E-state index is 12.6. The van der Waals surface area contributed by atoms with E-state index in [1.165, 1.54) is 16.0 Å². The van der Waals surface area contributed by atoms with Gasteiger partial charge in [-0.3, -0.25) is 4.79 Å². The molecule has 0 spiro atoms. The van der Waals surface area contributed by atoms with Crippen molar-refractivity contribution >= 4 is 5.91 Å². The van der Waals surface area contributed by atoms with Crippen LogP contribution in [0.4, 0.5) is 0 Å². The van der Waals surface area contributed by atoms with Crippen LogP contribution in [0.2, 0.25) is 0 Å². The summed E-state index contributed by atoms with van der Waals surface area (Å²) < 4.78 is 0. The number of rotatable bonds is 4. The molecular weight excluding hydrogens is 322 g/mol. The fraction of sp³-hybridized carbons (Fsp3) is 0.364. The average molecular weight is 348 g/mol. The Bertz CT molecular complexity index is 797. The summed E-state index contributed by atoms with van der Waals surface area (Å²) in [6, 6.07) is 18.0. The second-order valence-corrected chi connectivity index (χ2v) is 7.31. The van der Waals surface area contributed by atoms with E-state index < -0.39 is 0 Å². The molecule has 0 saturated carbocycles. The van der Waals surface area contributed by atoms with Crippen molar-refractivity contribution in [1.29, 1.82) is 5.26 Å². The van der Waals surface area contributed by atoms with Gasteiger partial charge in [-0.1, -0.05) is 44.2 Å². The van der Waals surface area contributed by atoms with E-state index >= 15 is 0 Å². The molecule has 1 aliphatic heterocycles. The number of nitrogens with zero attached hydrogens (tertiary/aromatic N) is 2. The zero-order chi connectivity index (χ0) is 18.5. The molecule has 2 aromatic carbocycles. The summed E-state index contributed by atoms with van der Waals surface area (Å²) in [5.41, 5.74) is 3.87. The van der Waals surface area contributed by atoms with Gasteiger partial charge in [-0.15, -0.1) is 0 Å². The molecule has 1 saturated heterocycles. The minimum absolute atomic E-state index is 0.0300. The Kier molecular flexibility index (Phi) is 5.70. The van der Waals surface area contributed by atoms with E-state index in [2.05, 4.69) is 44.2 Å². The molecule has 0 aliphatic carbocycles. The Morgan fingerprint density at radius 3 is 2.46 bits per heavy atom. The van der Waals surface area contributed by atoms with Gasteiger partial charge in [-0.05, 0) is 29.7 Å². The van der Waals surface area contributed by atoms with E-state index in [1.807, 2.05) is 4.90 Å². The second kappa shape index (κ2) is 8.16. The average Bonchev–Trinajstić information content (AvgIpc) is 2.68. The summed E-state index contributed by atoms with van der Waals surface area (Å²) in [6.45, 7) is 8.85. The van der Waals surface area contributed by atoms with Crippen molar-refractivity contribution in [1.82, 2.24) is 4.90 Å². The molecule has 4 heteroatoms. The highest BCUT2D eigenvalue weighted by molar-refractivity contribution is 5.94. The minimum atomic E-state index is 0.0300. The summed E-state index contributed by atoms with van der Waals surface area (Å²) >= 11 is 0. The number of nitriles is 1. The Hall–Kier alpha value is -2.64. The molecule has 1 fully saturated rings. The van der Waals surface area contributed by atoms with Crippen molar-refractivity contribution < 1.29 is 9.69 Å². The first-order valence-corrected chi connectivity index (χ1v) is 9.28. The van der Waals surface area contributed by atoms with Gasteiger partial charge in [-0.25, -0.2) is 0 Å². The fourth-order valence-electron chi connectivity index (χ4n) is 3.42. The van der Waals surface area contributed by atoms with Crippen LogP contribution < -0.4 is 4.90 Å². The Morgan fingerprint density at radius 2 is 1.85 bits per heavy atom. The van der Waals surface area contributed by atoms with Gasteiger partial charge in [0.1, 0.15) is 6.54 Å². The van der Waals surface area contributed by atoms with Crippen molar-refractivity contribution in [2.75, 3.05) is 26.2 Å². The zero-order valence-electron chi connectivity index (χ0n) is 15.5. The van der Waals surface area contributed by atoms with Gasteiger partial charge >= 0.3 is 0 Å². The Morgan fingerprint density at radius 1 is 1.15 bits per heavy atom. The third kappa shape index (κ3) is 4.30. The number of nitrogens with one attached hydrogen (secondary N) is 1. The van der Waals surface area contributed by atoms with E-state index in [4.69, 9.17) is 5.26 Å². The molecule has 1 heterocycles. The zero-order valence-corrected chi connectivity index (χ0v) is 15.5. The van der Waals surface area contributed by atoms with Crippen LogP contribution in [0.25, 0.3) is 0 Å². The highest BCUT2D eigenvalue weighted by Crippen LogP contribution is 2.14. The van der Waals surface area contributed by atoms with Gasteiger partial charge in [0.25, 0.3) is 5.91 Å². The standard InChI is InChI=1S/C22H25N3O/c1-17(2)20-8-6-18(7-9-20)16-24-10-12-25(13-11-24)22(26)21-5-3-4-19(14-21)15-23/h3-9,14,17H,10-13,16H2,1-2H3/p+1. The third-order valence-electron chi connectivity index (χ3n) is 5.10. The Balaban J connectivity index is 1.55. The Labute approximate surface area is 155 Å². The molecule has 3 rings (SSSR count). The molecule has 26 heavy (non-hydrogen) atoms. The summed E-state index contributed by atoms with van der Waals surface area (Å²) in [7, 11) is 0. The number of hydrogen-bond acceptors (Lipinski definition) is 2. The maximum Gasteiger partial charge on any atom is 0.254 e. The first-order valence-electron chi connectivity index (χ1n) is 9.28. The normalized spacial score (nSPS) is 15.1. The molecule has 1 N–H and O–H groups in total. The molecule has 2 aromatic rings. The molecule has 1 amide bonds. The van der Waals surface area contributed by atoms with Crippen LogP contribution in [0.3, 0.4) is 0 Å². The molecule has 4 nitrogen and oxygen atoms in total. The van der Waals surface area contributed by atoms with Gasteiger partial charge in [0.15, 0.2) is 0 Å². The first-order chi connectivity index (χ1) is 12.6. The number of piperazine rings is 1. The number of hydrogen-bond donors (Lipinski definition) is 1. The predicted molar refractivity (Wildman–Crippen MR) is 102 cm³/mol. The second-order valence-electron chi connectivity index (χ2n) is 7.31. The number of carbonyl (C=O) groups excluding carboxylic acids is 1. The van der Waals surface area contributed by atoms with Crippen molar-refractivity contribution in [3.05, 3.63) is 70.8 Å². The molecule has 0 bridgehead atoms. The molecule has 0 unspecified atom stereocenters. The van der Waals surface area contributed by atoms with Crippen LogP contribution in [0.15, 0.2) is 48.5 Å². The molecule has 0 atom stereocenters. The van der Waals surface area contributed by atoms with Gasteiger partial charge in [0, 0.05) is 11.1 Å². The molecule has 1 aliphatic rings. The lowest BCUT2D eigenvalue weighted by atomic mass is 10.0. The van der Waals surface area contributed by atoms with Crippen molar-refractivity contribution in [3.63, 3.8) is 0 Å². The predicted octanol–water partition coefficient (Wildman–Crippen LogP) is 2.22. The van der Waals surface area contributed by atoms with Crippen molar-refractivity contribution in [3.8, 4) is 6.07 Å². The van der Waals surface area contributed by atoms with Crippen LogP contribution in [0.1, 0.15) is 46.8 Å². The van der Waals surface area contributed by atoms with Gasteiger partial charge in [-0.2, -0.15) is 5.26 Å². The largest absolute Gasteiger partial charge is 0.328 e. The van der Waals surface area contributed by atoms with Crippen LogP contribution in [-0.4, -0.2) is 37.0 Å². The van der Waals surface area contributed by atoms with Crippen LogP contribution in [0, 0.1) is 11.3 Å². The van der Waals surface area contributed by atoms with E-state index in [1.54, 1.807) is 24.3 Å². The lowest BCUT2D eigenvalue weighted by Gasteiger charge is -2.32. The smallest absolute Gasteiger partial charge is 0.254 e. The molecule has 134 valence electrons. The minimum Gasteiger partial charge on any atom is -0.328 e. The quantitative estimate of drug-likeness (QED) is 0.921. The van der Waals surface area contributed by atoms with Gasteiger partial charge < -0.3 is 9.80 Å². The fourth-order valence-corrected chi connectivity index (χ4v) is 3.42. The highest BCUT2D eigenvalue weighted by atomic mass is 16.2. The number of quaternary nitrogens is 1. The SMILES string of the molecule is CC(C)c1ccc(C[NH+]2CCN(C(=O)c3cccc(C#N)c3)CC2)cc1. The summed E-state index contributed by atoms with van der Waals surface area (Å²) in [5.74, 6) is 0.591. The lowest BCUT2D eigenvalue weighted by Crippen LogP contribution is -3.13. The maximum absolute atomic E-state index is 12.6. The molecule has 0 radical (unpaired) electrons. The summed E-state index contributed by atoms with van der Waals surface area (Å²) in [6.07, 6.45) is 0. The van der Waals surface area contributed by atoms with Gasteiger partial charge in [0.2, 0.25) is 0 Å². The number of benzene rings is 2. The highest BCUT2D eigenvalue weighted by Gasteiger charge is 2.24. The molecule has 0 aromatic heterocycles. The summed E-state index contributed by atoms with van der Waals surface area (Å²) in [5, 5.41) is 9.00. The van der Waals surface area contributed by atoms with Crippen molar-refractivity contribution in [2.45, 2.75) is 26.3 Å². The van der Waals surface area contributed by atoms with E-state index in [9.17, 15) is 4.79 Å². The topological polar surface area (TPSA) is 48.5 Å². The van der Waals surface area contributed by atoms with E-state index in [-0.39, 0.29) is 5.91 Å². The van der Waals surface area contributed by atoms with Crippen LogP contribution in [0.5, 0.6) is 0 Å². The monoisotopic (exact) mass is 348 g/mol. The molecular formula is C22H26N3O+. The van der Waals surface area contributed by atoms with Crippen LogP contribution >= 0.6 is 0 Å². The number of amides is 1. The number of carbonyl (C=O) groups is 1. The third-order valence-corrected chi connectivity index (χ3v) is 5.10. The van der Waals surface area contributed by atoms with E-state index in [0.29, 0.717) is 17.0 Å². The lowest BCUT2D eigenvalue weighted by molar-refractivity contribution is -0.917. The van der Waals surface area contributed by atoms with Crippen molar-refractivity contribution in [2.24, 2.45) is 0 Å². The van der Waals surface area contributed by atoms with Crippen LogP contribution in [-0.2, 0) is 6.54 Å². The van der Waals surface area contributed by atoms with Gasteiger partial charge in [0.05, 0.1) is 37.8 Å². The summed E-state index contributed by atoms with van der Waals surface area (Å²) in [4.78, 5) is 16.1. The van der Waals surface area contributed by atoms with E-state index in [0.717, 1.165) is 32.7 Å².